The van der Waals surface area contributed by atoms with Gasteiger partial charge in [-0.15, -0.1) is 0 Å². The van der Waals surface area contributed by atoms with E-state index in [0.717, 1.165) is 42.5 Å². The molecule has 2 heterocycles. The Morgan fingerprint density at radius 1 is 1.35 bits per heavy atom. The number of nitrogens with one attached hydrogen (secondary N) is 2. The van der Waals surface area contributed by atoms with Crippen LogP contribution in [0.4, 0.5) is 0 Å². The molecule has 0 bridgehead atoms. The lowest BCUT2D eigenvalue weighted by molar-refractivity contribution is -0.121. The lowest BCUT2D eigenvalue weighted by Gasteiger charge is -2.23. The zero-order chi connectivity index (χ0) is 16.4. The van der Waals surface area contributed by atoms with Crippen molar-refractivity contribution in [2.24, 2.45) is 0 Å². The molecule has 1 fully saturated rings. The number of carbonyl (C=O) groups is 1. The lowest BCUT2D eigenvalue weighted by Crippen LogP contribution is -2.43. The summed E-state index contributed by atoms with van der Waals surface area (Å²) in [5, 5.41) is 7.53. The quantitative estimate of drug-likeness (QED) is 0.910. The topological polar surface area (TPSA) is 54.3 Å². The van der Waals surface area contributed by atoms with Crippen LogP contribution in [-0.2, 0) is 11.2 Å². The Balaban J connectivity index is 1.77. The zero-order valence-electron chi connectivity index (χ0n) is 14.2. The standard InChI is InChI=1S/C19H26N2O2/c1-12(2)16-10-17-14(11-23-18(17)8-13(16)3)9-19(22)21-15-4-6-20-7-5-15/h8,10-12,15,20H,4-7,9H2,1-3H3,(H,21,22). The van der Waals surface area contributed by atoms with Gasteiger partial charge in [-0.25, -0.2) is 0 Å². The number of furan rings is 1. The van der Waals surface area contributed by atoms with Gasteiger partial charge in [0.15, 0.2) is 0 Å². The third-order valence-corrected chi connectivity index (χ3v) is 4.72. The van der Waals surface area contributed by atoms with Crippen LogP contribution in [0.2, 0.25) is 0 Å². The minimum absolute atomic E-state index is 0.0891. The number of piperidine rings is 1. The normalized spacial score (nSPS) is 16.2. The second-order valence-electron chi connectivity index (χ2n) is 6.89. The largest absolute Gasteiger partial charge is 0.464 e. The molecule has 23 heavy (non-hydrogen) atoms. The SMILES string of the molecule is Cc1cc2occ(CC(=O)NC3CCNCC3)c2cc1C(C)C. The molecular formula is C19H26N2O2. The van der Waals surface area contributed by atoms with Crippen LogP contribution in [0.15, 0.2) is 22.8 Å². The van der Waals surface area contributed by atoms with Gasteiger partial charge >= 0.3 is 0 Å². The Bertz CT molecular complexity index is 697. The second kappa shape index (κ2) is 6.75. The van der Waals surface area contributed by atoms with Crippen molar-refractivity contribution in [1.29, 1.82) is 0 Å². The molecule has 1 aromatic heterocycles. The van der Waals surface area contributed by atoms with Gasteiger partial charge in [0.25, 0.3) is 0 Å². The Morgan fingerprint density at radius 2 is 2.09 bits per heavy atom. The molecule has 0 saturated carbocycles. The molecule has 124 valence electrons. The van der Waals surface area contributed by atoms with Gasteiger partial charge in [-0.1, -0.05) is 13.8 Å². The molecule has 3 rings (SSSR count). The predicted molar refractivity (Wildman–Crippen MR) is 92.8 cm³/mol. The van der Waals surface area contributed by atoms with Gasteiger partial charge in [-0.3, -0.25) is 4.79 Å². The van der Waals surface area contributed by atoms with Crippen molar-refractivity contribution in [3.63, 3.8) is 0 Å². The fourth-order valence-corrected chi connectivity index (χ4v) is 3.42. The highest BCUT2D eigenvalue weighted by Gasteiger charge is 2.18. The average Bonchev–Trinajstić information content (AvgIpc) is 2.89. The van der Waals surface area contributed by atoms with Crippen LogP contribution in [0.1, 0.15) is 49.3 Å². The molecule has 0 radical (unpaired) electrons. The van der Waals surface area contributed by atoms with Crippen LogP contribution < -0.4 is 10.6 Å². The van der Waals surface area contributed by atoms with Crippen molar-refractivity contribution >= 4 is 16.9 Å². The molecule has 4 heteroatoms. The highest BCUT2D eigenvalue weighted by molar-refractivity contribution is 5.88. The zero-order valence-corrected chi connectivity index (χ0v) is 14.2. The molecule has 1 amide bonds. The van der Waals surface area contributed by atoms with Gasteiger partial charge < -0.3 is 15.1 Å². The summed E-state index contributed by atoms with van der Waals surface area (Å²) in [5.41, 5.74) is 4.41. The fraction of sp³-hybridized carbons (Fsp3) is 0.526. The minimum atomic E-state index is 0.0891. The van der Waals surface area contributed by atoms with Crippen LogP contribution in [-0.4, -0.2) is 25.0 Å². The summed E-state index contributed by atoms with van der Waals surface area (Å²) < 4.78 is 5.67. The van der Waals surface area contributed by atoms with E-state index in [4.69, 9.17) is 4.42 Å². The van der Waals surface area contributed by atoms with Crippen LogP contribution in [0.25, 0.3) is 11.0 Å². The Morgan fingerprint density at radius 3 is 2.78 bits per heavy atom. The molecule has 4 nitrogen and oxygen atoms in total. The van der Waals surface area contributed by atoms with E-state index in [1.165, 1.54) is 11.1 Å². The van der Waals surface area contributed by atoms with Crippen LogP contribution >= 0.6 is 0 Å². The average molecular weight is 314 g/mol. The number of hydrogen-bond acceptors (Lipinski definition) is 3. The first-order chi connectivity index (χ1) is 11.0. The van der Waals surface area contributed by atoms with Gasteiger partial charge in [-0.05, 0) is 62.0 Å². The Labute approximate surface area is 137 Å². The number of hydrogen-bond donors (Lipinski definition) is 2. The molecule has 1 saturated heterocycles. The van der Waals surface area contributed by atoms with Crippen molar-refractivity contribution in [1.82, 2.24) is 10.6 Å². The van der Waals surface area contributed by atoms with Gasteiger partial charge in [-0.2, -0.15) is 0 Å². The molecule has 1 aliphatic heterocycles. The second-order valence-corrected chi connectivity index (χ2v) is 6.89. The maximum atomic E-state index is 12.3. The molecule has 2 N–H and O–H groups in total. The summed E-state index contributed by atoms with van der Waals surface area (Å²) in [5.74, 6) is 0.553. The first kappa shape index (κ1) is 16.1. The molecular weight excluding hydrogens is 288 g/mol. The van der Waals surface area contributed by atoms with Crippen molar-refractivity contribution in [2.45, 2.75) is 52.0 Å². The van der Waals surface area contributed by atoms with Crippen molar-refractivity contribution in [3.05, 3.63) is 35.1 Å². The van der Waals surface area contributed by atoms with E-state index >= 15 is 0 Å². The molecule has 2 aromatic rings. The van der Waals surface area contributed by atoms with E-state index in [-0.39, 0.29) is 5.91 Å². The number of rotatable bonds is 4. The van der Waals surface area contributed by atoms with Crippen molar-refractivity contribution < 1.29 is 9.21 Å². The third kappa shape index (κ3) is 3.58. The molecule has 1 aliphatic rings. The summed E-state index contributed by atoms with van der Waals surface area (Å²) in [7, 11) is 0. The molecule has 0 aliphatic carbocycles. The number of benzene rings is 1. The smallest absolute Gasteiger partial charge is 0.224 e. The first-order valence-electron chi connectivity index (χ1n) is 8.55. The summed E-state index contributed by atoms with van der Waals surface area (Å²) in [6.45, 7) is 8.46. The van der Waals surface area contributed by atoms with Crippen molar-refractivity contribution in [3.8, 4) is 0 Å². The summed E-state index contributed by atoms with van der Waals surface area (Å²) in [6, 6.07) is 4.57. The van der Waals surface area contributed by atoms with Crippen LogP contribution in [0, 0.1) is 6.92 Å². The summed E-state index contributed by atoms with van der Waals surface area (Å²) in [6.07, 6.45) is 4.14. The maximum absolute atomic E-state index is 12.3. The monoisotopic (exact) mass is 314 g/mol. The van der Waals surface area contributed by atoms with E-state index in [2.05, 4.69) is 43.5 Å². The lowest BCUT2D eigenvalue weighted by atomic mass is 9.95. The van der Waals surface area contributed by atoms with Crippen LogP contribution in [0.3, 0.4) is 0 Å². The summed E-state index contributed by atoms with van der Waals surface area (Å²) >= 11 is 0. The molecule has 1 aromatic carbocycles. The van der Waals surface area contributed by atoms with Crippen LogP contribution in [0.5, 0.6) is 0 Å². The van der Waals surface area contributed by atoms with Gasteiger partial charge in [0.2, 0.25) is 5.91 Å². The number of aryl methyl sites for hydroxylation is 1. The fourth-order valence-electron chi connectivity index (χ4n) is 3.42. The predicted octanol–water partition coefficient (Wildman–Crippen LogP) is 3.28. The number of fused-ring (bicyclic) bond motifs is 1. The highest BCUT2D eigenvalue weighted by Crippen LogP contribution is 2.29. The van der Waals surface area contributed by atoms with E-state index in [1.54, 1.807) is 6.26 Å². The first-order valence-corrected chi connectivity index (χ1v) is 8.55. The number of amides is 1. The number of carbonyl (C=O) groups excluding carboxylic acids is 1. The van der Waals surface area contributed by atoms with Crippen molar-refractivity contribution in [2.75, 3.05) is 13.1 Å². The highest BCUT2D eigenvalue weighted by atomic mass is 16.3. The van der Waals surface area contributed by atoms with E-state index in [9.17, 15) is 4.79 Å². The van der Waals surface area contributed by atoms with E-state index in [1.807, 2.05) is 0 Å². The van der Waals surface area contributed by atoms with E-state index < -0.39 is 0 Å². The Kier molecular flexibility index (Phi) is 4.71. The van der Waals surface area contributed by atoms with E-state index in [0.29, 0.717) is 18.4 Å². The van der Waals surface area contributed by atoms with Gasteiger partial charge in [0.1, 0.15) is 5.58 Å². The maximum Gasteiger partial charge on any atom is 0.224 e. The molecule has 0 spiro atoms. The Hall–Kier alpha value is -1.81. The van der Waals surface area contributed by atoms with Gasteiger partial charge in [0, 0.05) is 17.0 Å². The minimum Gasteiger partial charge on any atom is -0.464 e. The molecule has 0 atom stereocenters. The van der Waals surface area contributed by atoms with Gasteiger partial charge in [0.05, 0.1) is 12.7 Å². The summed E-state index contributed by atoms with van der Waals surface area (Å²) in [4.78, 5) is 12.3. The third-order valence-electron chi connectivity index (χ3n) is 4.72. The molecule has 0 unspecified atom stereocenters.